The van der Waals surface area contributed by atoms with Crippen LogP contribution in [0.15, 0.2) is 40.9 Å². The maximum atomic E-state index is 14.6. The number of nitrogens with one attached hydrogen (secondary N) is 1. The lowest BCUT2D eigenvalue weighted by atomic mass is 9.79. The second-order valence-corrected chi connectivity index (χ2v) is 7.03. The Morgan fingerprint density at radius 1 is 1.19 bits per heavy atom. The Kier molecular flexibility index (Phi) is 5.28. The van der Waals surface area contributed by atoms with E-state index in [0.717, 1.165) is 28.8 Å². The van der Waals surface area contributed by atoms with Gasteiger partial charge in [0.25, 0.3) is 0 Å². The van der Waals surface area contributed by atoms with E-state index in [2.05, 4.69) is 40.7 Å². The van der Waals surface area contributed by atoms with Crippen molar-refractivity contribution in [3.63, 3.8) is 0 Å². The van der Waals surface area contributed by atoms with Crippen LogP contribution in [0.2, 0.25) is 0 Å². The minimum atomic E-state index is -0.870. The van der Waals surface area contributed by atoms with Gasteiger partial charge >= 0.3 is 0 Å². The van der Waals surface area contributed by atoms with Crippen molar-refractivity contribution < 1.29 is 9.13 Å². The Morgan fingerprint density at radius 3 is 2.58 bits per heavy atom. The molecule has 0 saturated carbocycles. The number of rotatable bonds is 4. The molecular weight excluding hydrogens is 397 g/mol. The van der Waals surface area contributed by atoms with Crippen LogP contribution in [0.1, 0.15) is 30.9 Å². The highest BCUT2D eigenvalue weighted by atomic mass is 79.9. The molecule has 1 aliphatic rings. The van der Waals surface area contributed by atoms with E-state index in [1.165, 1.54) is 6.07 Å². The molecule has 3 rings (SSSR count). The average Bonchev–Trinajstić information content (AvgIpc) is 2.63. The fourth-order valence-electron chi connectivity index (χ4n) is 3.40. The molecule has 2 aromatic rings. The van der Waals surface area contributed by atoms with Crippen LogP contribution in [-0.2, 0) is 0 Å². The van der Waals surface area contributed by atoms with E-state index in [0.29, 0.717) is 11.3 Å². The number of hydrogen-bond donors (Lipinski definition) is 1. The Bertz CT molecular complexity index is 889. The lowest BCUT2D eigenvalue weighted by Crippen LogP contribution is -2.32. The van der Waals surface area contributed by atoms with E-state index in [9.17, 15) is 9.65 Å². The van der Waals surface area contributed by atoms with Gasteiger partial charge in [0.1, 0.15) is 17.5 Å². The summed E-state index contributed by atoms with van der Waals surface area (Å²) >= 11 is 3.37. The Balaban J connectivity index is 2.17. The van der Waals surface area contributed by atoms with Crippen molar-refractivity contribution in [1.29, 1.82) is 10.7 Å². The molecular formula is C20H19BrFN3O. The molecule has 1 N–H and O–H groups in total. The summed E-state index contributed by atoms with van der Waals surface area (Å²) in [5.41, 5.74) is 2.08. The summed E-state index contributed by atoms with van der Waals surface area (Å²) in [5.74, 6) is -1.49. The highest BCUT2D eigenvalue weighted by Crippen LogP contribution is 2.44. The first kappa shape index (κ1) is 18.4. The maximum absolute atomic E-state index is 14.6. The summed E-state index contributed by atoms with van der Waals surface area (Å²) < 4.78 is 20.9. The average molecular weight is 416 g/mol. The molecule has 0 spiro atoms. The first-order chi connectivity index (χ1) is 12.5. The molecule has 0 aliphatic carbocycles. The van der Waals surface area contributed by atoms with E-state index in [4.69, 9.17) is 10.1 Å². The number of ether oxygens (including phenoxy) is 1. The molecule has 1 heterocycles. The van der Waals surface area contributed by atoms with Crippen LogP contribution in [0.25, 0.3) is 0 Å². The largest absolute Gasteiger partial charge is 0.442 e. The van der Waals surface area contributed by atoms with Crippen LogP contribution >= 0.6 is 15.9 Å². The van der Waals surface area contributed by atoms with Gasteiger partial charge in [0, 0.05) is 40.8 Å². The Hall–Kier alpha value is -2.39. The predicted molar refractivity (Wildman–Crippen MR) is 103 cm³/mol. The van der Waals surface area contributed by atoms with Crippen LogP contribution in [0.4, 0.5) is 10.1 Å². The van der Waals surface area contributed by atoms with E-state index in [-0.39, 0.29) is 5.90 Å². The Labute approximate surface area is 160 Å². The molecule has 0 bridgehead atoms. The van der Waals surface area contributed by atoms with Crippen molar-refractivity contribution in [2.24, 2.45) is 5.92 Å². The van der Waals surface area contributed by atoms with Gasteiger partial charge < -0.3 is 9.64 Å². The lowest BCUT2D eigenvalue weighted by molar-refractivity contribution is 0.444. The number of fused-ring (bicyclic) bond motifs is 1. The molecule has 0 fully saturated rings. The van der Waals surface area contributed by atoms with Crippen molar-refractivity contribution in [1.82, 2.24) is 0 Å². The molecule has 2 unspecified atom stereocenters. The van der Waals surface area contributed by atoms with Crippen LogP contribution in [0, 0.1) is 28.5 Å². The van der Waals surface area contributed by atoms with Crippen molar-refractivity contribution >= 4 is 27.5 Å². The zero-order valence-corrected chi connectivity index (χ0v) is 16.2. The third-order valence-electron chi connectivity index (χ3n) is 4.73. The number of hydrogen-bond acceptors (Lipinski definition) is 4. The number of nitrogens with zero attached hydrogens (tertiary/aromatic N) is 2. The smallest absolute Gasteiger partial charge is 0.205 e. The lowest BCUT2D eigenvalue weighted by Gasteiger charge is -2.32. The maximum Gasteiger partial charge on any atom is 0.205 e. The van der Waals surface area contributed by atoms with E-state index in [1.807, 2.05) is 18.2 Å². The van der Waals surface area contributed by atoms with Crippen LogP contribution < -0.4 is 9.64 Å². The number of anilines is 1. The topological polar surface area (TPSA) is 60.1 Å². The second-order valence-electron chi connectivity index (χ2n) is 6.11. The standard InChI is InChI=1S/C20H19BrFN3O/c1-3-25(4-2)13-6-7-14-18(10-13)26-20(24)16(11-23)19(14)15-9-12(21)5-8-17(15)22/h5-10,16,19,24H,3-4H2,1-2H3. The molecule has 1 aliphatic heterocycles. The molecule has 0 saturated heterocycles. The molecule has 4 nitrogen and oxygen atoms in total. The summed E-state index contributed by atoms with van der Waals surface area (Å²) in [6.07, 6.45) is 0. The quantitative estimate of drug-likeness (QED) is 0.757. The summed E-state index contributed by atoms with van der Waals surface area (Å²) in [5, 5.41) is 17.7. The van der Waals surface area contributed by atoms with Gasteiger partial charge in [-0.25, -0.2) is 4.39 Å². The number of benzene rings is 2. The highest BCUT2D eigenvalue weighted by Gasteiger charge is 2.38. The van der Waals surface area contributed by atoms with Gasteiger partial charge in [0.15, 0.2) is 0 Å². The summed E-state index contributed by atoms with van der Waals surface area (Å²) in [6.45, 7) is 5.82. The second kappa shape index (κ2) is 7.46. The molecule has 0 aromatic heterocycles. The zero-order valence-electron chi connectivity index (χ0n) is 14.6. The third-order valence-corrected chi connectivity index (χ3v) is 5.22. The SMILES string of the molecule is CCN(CC)c1ccc2c(c1)OC(=N)C(C#N)C2c1cc(Br)ccc1F. The van der Waals surface area contributed by atoms with Gasteiger partial charge in [0.2, 0.25) is 5.90 Å². The van der Waals surface area contributed by atoms with E-state index >= 15 is 0 Å². The summed E-state index contributed by atoms with van der Waals surface area (Å²) in [7, 11) is 0. The summed E-state index contributed by atoms with van der Waals surface area (Å²) in [4.78, 5) is 2.17. The normalized spacial score (nSPS) is 18.7. The fraction of sp³-hybridized carbons (Fsp3) is 0.300. The van der Waals surface area contributed by atoms with Gasteiger partial charge in [-0.3, -0.25) is 5.41 Å². The number of nitriles is 1. The first-order valence-electron chi connectivity index (χ1n) is 8.49. The van der Waals surface area contributed by atoms with Crippen LogP contribution in [-0.4, -0.2) is 19.0 Å². The molecule has 0 radical (unpaired) electrons. The molecule has 0 amide bonds. The van der Waals surface area contributed by atoms with Crippen molar-refractivity contribution in [2.75, 3.05) is 18.0 Å². The van der Waals surface area contributed by atoms with E-state index in [1.54, 1.807) is 12.1 Å². The minimum Gasteiger partial charge on any atom is -0.442 e. The number of halogens is 2. The van der Waals surface area contributed by atoms with Gasteiger partial charge in [-0.1, -0.05) is 22.0 Å². The first-order valence-corrected chi connectivity index (χ1v) is 9.29. The minimum absolute atomic E-state index is 0.152. The van der Waals surface area contributed by atoms with Crippen molar-refractivity contribution in [3.8, 4) is 11.8 Å². The van der Waals surface area contributed by atoms with Crippen LogP contribution in [0.5, 0.6) is 5.75 Å². The monoisotopic (exact) mass is 415 g/mol. The highest BCUT2D eigenvalue weighted by molar-refractivity contribution is 9.10. The molecule has 134 valence electrons. The molecule has 2 atom stereocenters. The van der Waals surface area contributed by atoms with Gasteiger partial charge in [-0.2, -0.15) is 5.26 Å². The van der Waals surface area contributed by atoms with E-state index < -0.39 is 17.7 Å². The third kappa shape index (κ3) is 3.19. The van der Waals surface area contributed by atoms with Gasteiger partial charge in [-0.15, -0.1) is 0 Å². The van der Waals surface area contributed by atoms with Gasteiger partial charge in [0.05, 0.1) is 6.07 Å². The van der Waals surface area contributed by atoms with Crippen molar-refractivity contribution in [2.45, 2.75) is 19.8 Å². The predicted octanol–water partition coefficient (Wildman–Crippen LogP) is 5.08. The molecule has 6 heteroatoms. The molecule has 26 heavy (non-hydrogen) atoms. The fourth-order valence-corrected chi connectivity index (χ4v) is 3.78. The van der Waals surface area contributed by atoms with Gasteiger partial charge in [-0.05, 0) is 43.7 Å². The van der Waals surface area contributed by atoms with Crippen LogP contribution in [0.3, 0.4) is 0 Å². The summed E-state index contributed by atoms with van der Waals surface area (Å²) in [6, 6.07) is 12.5. The molecule has 2 aromatic carbocycles. The van der Waals surface area contributed by atoms with Crippen molar-refractivity contribution in [3.05, 3.63) is 57.8 Å². The Morgan fingerprint density at radius 2 is 1.92 bits per heavy atom. The zero-order chi connectivity index (χ0) is 18.8.